The second-order valence-corrected chi connectivity index (χ2v) is 5.04. The van der Waals surface area contributed by atoms with Gasteiger partial charge in [-0.05, 0) is 24.3 Å². The van der Waals surface area contributed by atoms with Gasteiger partial charge in [0, 0.05) is 11.4 Å². The van der Waals surface area contributed by atoms with Gasteiger partial charge in [0.05, 0.1) is 6.26 Å². The molecule has 100 valence electrons. The molecular formula is C15H13N3OS. The lowest BCUT2D eigenvalue weighted by Gasteiger charge is -2.08. The Morgan fingerprint density at radius 3 is 2.70 bits per heavy atom. The first-order valence-corrected chi connectivity index (χ1v) is 7.17. The third-order valence-electron chi connectivity index (χ3n) is 2.72. The average Bonchev–Trinajstić information content (AvgIpc) is 3.15. The zero-order chi connectivity index (χ0) is 13.8. The summed E-state index contributed by atoms with van der Waals surface area (Å²) in [6, 6.07) is 13.7. The number of furan rings is 1. The fourth-order valence-corrected chi connectivity index (χ4v) is 2.56. The Morgan fingerprint density at radius 2 is 2.00 bits per heavy atom. The van der Waals surface area contributed by atoms with Crippen LogP contribution in [0.3, 0.4) is 0 Å². The van der Waals surface area contributed by atoms with E-state index >= 15 is 0 Å². The van der Waals surface area contributed by atoms with Crippen LogP contribution in [0.4, 0.5) is 0 Å². The van der Waals surface area contributed by atoms with E-state index in [-0.39, 0.29) is 0 Å². The Bertz CT molecular complexity index is 689. The van der Waals surface area contributed by atoms with Crippen molar-refractivity contribution in [2.75, 3.05) is 5.75 Å². The first kappa shape index (κ1) is 12.7. The minimum absolute atomic E-state index is 0.701. The molecule has 0 saturated heterocycles. The van der Waals surface area contributed by atoms with E-state index in [0.29, 0.717) is 11.6 Å². The van der Waals surface area contributed by atoms with Crippen LogP contribution in [0, 0.1) is 0 Å². The van der Waals surface area contributed by atoms with Gasteiger partial charge >= 0.3 is 0 Å². The van der Waals surface area contributed by atoms with Gasteiger partial charge in [0.25, 0.3) is 0 Å². The van der Waals surface area contributed by atoms with Gasteiger partial charge < -0.3 is 4.42 Å². The number of thioether (sulfide) groups is 1. The normalized spacial score (nSPS) is 10.6. The number of aromatic nitrogens is 3. The third kappa shape index (κ3) is 2.40. The summed E-state index contributed by atoms with van der Waals surface area (Å²) in [5.41, 5.74) is 1.01. The Kier molecular flexibility index (Phi) is 3.69. The predicted octanol–water partition coefficient (Wildman–Crippen LogP) is 3.81. The van der Waals surface area contributed by atoms with Crippen LogP contribution < -0.4 is 0 Å². The van der Waals surface area contributed by atoms with Crippen molar-refractivity contribution >= 4 is 11.8 Å². The Hall–Kier alpha value is -2.27. The summed E-state index contributed by atoms with van der Waals surface area (Å²) in [7, 11) is 0. The molecule has 1 aromatic carbocycles. The molecule has 0 atom stereocenters. The SMILES string of the molecule is C=CCSc1nnc(-c2ccco2)n1-c1ccccc1. The quantitative estimate of drug-likeness (QED) is 0.527. The van der Waals surface area contributed by atoms with Gasteiger partial charge in [-0.15, -0.1) is 16.8 Å². The van der Waals surface area contributed by atoms with E-state index in [1.165, 1.54) is 0 Å². The molecule has 0 unspecified atom stereocenters. The molecule has 3 aromatic rings. The molecule has 0 fully saturated rings. The van der Waals surface area contributed by atoms with Crippen molar-refractivity contribution in [3.05, 3.63) is 61.4 Å². The maximum Gasteiger partial charge on any atom is 0.205 e. The largest absolute Gasteiger partial charge is 0.461 e. The number of hydrogen-bond donors (Lipinski definition) is 0. The molecule has 5 heteroatoms. The van der Waals surface area contributed by atoms with Crippen LogP contribution in [0.15, 0.2) is 71.0 Å². The second-order valence-electron chi connectivity index (χ2n) is 4.05. The van der Waals surface area contributed by atoms with Crippen LogP contribution in [0.25, 0.3) is 17.3 Å². The lowest BCUT2D eigenvalue weighted by atomic mass is 10.3. The highest BCUT2D eigenvalue weighted by molar-refractivity contribution is 7.99. The summed E-state index contributed by atoms with van der Waals surface area (Å²) in [6.45, 7) is 3.74. The number of para-hydroxylation sites is 1. The van der Waals surface area contributed by atoms with Crippen LogP contribution in [-0.4, -0.2) is 20.5 Å². The van der Waals surface area contributed by atoms with E-state index in [0.717, 1.165) is 16.6 Å². The minimum atomic E-state index is 0.701. The fraction of sp³-hybridized carbons (Fsp3) is 0.0667. The molecule has 0 amide bonds. The first-order chi connectivity index (χ1) is 9.90. The van der Waals surface area contributed by atoms with E-state index < -0.39 is 0 Å². The molecule has 0 spiro atoms. The summed E-state index contributed by atoms with van der Waals surface area (Å²) in [5.74, 6) is 2.18. The van der Waals surface area contributed by atoms with E-state index in [1.54, 1.807) is 18.0 Å². The highest BCUT2D eigenvalue weighted by Gasteiger charge is 2.17. The van der Waals surface area contributed by atoms with E-state index in [2.05, 4.69) is 16.8 Å². The van der Waals surface area contributed by atoms with Gasteiger partial charge in [0.1, 0.15) is 0 Å². The van der Waals surface area contributed by atoms with Crippen molar-refractivity contribution < 1.29 is 4.42 Å². The fourth-order valence-electron chi connectivity index (χ4n) is 1.87. The molecular weight excluding hydrogens is 270 g/mol. The molecule has 0 aliphatic carbocycles. The lowest BCUT2D eigenvalue weighted by Crippen LogP contribution is -1.98. The zero-order valence-electron chi connectivity index (χ0n) is 10.8. The van der Waals surface area contributed by atoms with Gasteiger partial charge in [-0.3, -0.25) is 4.57 Å². The van der Waals surface area contributed by atoms with Crippen LogP contribution in [-0.2, 0) is 0 Å². The predicted molar refractivity (Wildman–Crippen MR) is 80.0 cm³/mol. The van der Waals surface area contributed by atoms with Crippen LogP contribution in [0.2, 0.25) is 0 Å². The number of benzene rings is 1. The Morgan fingerprint density at radius 1 is 1.15 bits per heavy atom. The van der Waals surface area contributed by atoms with E-state index in [9.17, 15) is 0 Å². The third-order valence-corrected chi connectivity index (χ3v) is 3.64. The smallest absolute Gasteiger partial charge is 0.205 e. The minimum Gasteiger partial charge on any atom is -0.461 e. The van der Waals surface area contributed by atoms with Crippen molar-refractivity contribution in [2.45, 2.75) is 5.16 Å². The van der Waals surface area contributed by atoms with Gasteiger partial charge in [-0.2, -0.15) is 0 Å². The molecule has 20 heavy (non-hydrogen) atoms. The van der Waals surface area contributed by atoms with Gasteiger partial charge in [0.15, 0.2) is 10.9 Å². The van der Waals surface area contributed by atoms with Crippen molar-refractivity contribution in [1.82, 2.24) is 14.8 Å². The monoisotopic (exact) mass is 283 g/mol. The number of rotatable bonds is 5. The molecule has 0 saturated carbocycles. The van der Waals surface area contributed by atoms with Gasteiger partial charge in [-0.1, -0.05) is 36.0 Å². The van der Waals surface area contributed by atoms with Crippen LogP contribution >= 0.6 is 11.8 Å². The van der Waals surface area contributed by atoms with Gasteiger partial charge in [0.2, 0.25) is 5.82 Å². The Balaban J connectivity index is 2.12. The molecule has 0 bridgehead atoms. The first-order valence-electron chi connectivity index (χ1n) is 6.18. The molecule has 3 rings (SSSR count). The van der Waals surface area contributed by atoms with Crippen molar-refractivity contribution in [3.8, 4) is 17.3 Å². The summed E-state index contributed by atoms with van der Waals surface area (Å²) < 4.78 is 7.44. The number of nitrogens with zero attached hydrogens (tertiary/aromatic N) is 3. The highest BCUT2D eigenvalue weighted by Crippen LogP contribution is 2.27. The van der Waals surface area contributed by atoms with E-state index in [4.69, 9.17) is 4.42 Å². The van der Waals surface area contributed by atoms with Crippen molar-refractivity contribution in [1.29, 1.82) is 0 Å². The molecule has 0 aliphatic rings. The maximum atomic E-state index is 5.45. The summed E-state index contributed by atoms with van der Waals surface area (Å²) in [4.78, 5) is 0. The van der Waals surface area contributed by atoms with E-state index in [1.807, 2.05) is 53.1 Å². The van der Waals surface area contributed by atoms with Crippen LogP contribution in [0.1, 0.15) is 0 Å². The molecule has 2 heterocycles. The zero-order valence-corrected chi connectivity index (χ0v) is 11.6. The van der Waals surface area contributed by atoms with Crippen molar-refractivity contribution in [3.63, 3.8) is 0 Å². The second kappa shape index (κ2) is 5.79. The van der Waals surface area contributed by atoms with Crippen LogP contribution in [0.5, 0.6) is 0 Å². The number of hydrogen-bond acceptors (Lipinski definition) is 4. The topological polar surface area (TPSA) is 43.9 Å². The summed E-state index contributed by atoms with van der Waals surface area (Å²) in [6.07, 6.45) is 3.48. The maximum absolute atomic E-state index is 5.45. The molecule has 0 N–H and O–H groups in total. The molecule has 2 aromatic heterocycles. The molecule has 0 radical (unpaired) electrons. The standard InChI is InChI=1S/C15H13N3OS/c1-2-11-20-15-17-16-14(13-9-6-10-19-13)18(15)12-7-4-3-5-8-12/h2-10H,1,11H2. The molecule has 0 aliphatic heterocycles. The lowest BCUT2D eigenvalue weighted by molar-refractivity contribution is 0.575. The summed E-state index contributed by atoms with van der Waals surface area (Å²) in [5, 5.41) is 9.33. The molecule has 4 nitrogen and oxygen atoms in total. The highest BCUT2D eigenvalue weighted by atomic mass is 32.2. The Labute approximate surface area is 121 Å². The van der Waals surface area contributed by atoms with Gasteiger partial charge in [-0.25, -0.2) is 0 Å². The summed E-state index contributed by atoms with van der Waals surface area (Å²) >= 11 is 1.59. The van der Waals surface area contributed by atoms with Crippen molar-refractivity contribution in [2.24, 2.45) is 0 Å². The average molecular weight is 283 g/mol.